The van der Waals surface area contributed by atoms with E-state index in [0.717, 1.165) is 43.6 Å². The number of rotatable bonds is 4. The van der Waals surface area contributed by atoms with Crippen LogP contribution in [0.4, 0.5) is 0 Å². The molecule has 0 spiro atoms. The van der Waals surface area contributed by atoms with Gasteiger partial charge in [0.25, 0.3) is 5.91 Å². The number of aryl methyl sites for hydroxylation is 3. The maximum Gasteiger partial charge on any atom is 0.270 e. The summed E-state index contributed by atoms with van der Waals surface area (Å²) < 4.78 is 1.91. The Morgan fingerprint density at radius 3 is 3.00 bits per heavy atom. The fourth-order valence-corrected chi connectivity index (χ4v) is 3.33. The van der Waals surface area contributed by atoms with Crippen LogP contribution < -0.4 is 0 Å². The van der Waals surface area contributed by atoms with Crippen molar-refractivity contribution in [1.29, 1.82) is 0 Å². The van der Waals surface area contributed by atoms with Gasteiger partial charge in [0.2, 0.25) is 0 Å². The molecule has 0 aliphatic carbocycles. The molecular formula is C18H23N3O. The second-order valence-electron chi connectivity index (χ2n) is 6.14. The van der Waals surface area contributed by atoms with Crippen LogP contribution in [0.2, 0.25) is 0 Å². The molecule has 1 aliphatic rings. The van der Waals surface area contributed by atoms with E-state index in [1.807, 2.05) is 43.1 Å². The number of hydrogen-bond acceptors (Lipinski definition) is 2. The molecule has 1 atom stereocenters. The summed E-state index contributed by atoms with van der Waals surface area (Å²) in [5, 5.41) is 0. The minimum Gasteiger partial charge on any atom is -0.347 e. The van der Waals surface area contributed by atoms with Gasteiger partial charge >= 0.3 is 0 Å². The van der Waals surface area contributed by atoms with Crippen molar-refractivity contribution in [1.82, 2.24) is 14.5 Å². The molecule has 4 heteroatoms. The minimum absolute atomic E-state index is 0.168. The van der Waals surface area contributed by atoms with E-state index in [-0.39, 0.29) is 5.91 Å². The largest absolute Gasteiger partial charge is 0.347 e. The first-order valence-corrected chi connectivity index (χ1v) is 7.99. The monoisotopic (exact) mass is 297 g/mol. The van der Waals surface area contributed by atoms with E-state index < -0.39 is 0 Å². The molecule has 4 nitrogen and oxygen atoms in total. The predicted molar refractivity (Wildman–Crippen MR) is 86.8 cm³/mol. The van der Waals surface area contributed by atoms with Crippen molar-refractivity contribution >= 4 is 5.91 Å². The maximum absolute atomic E-state index is 12.7. The zero-order valence-electron chi connectivity index (χ0n) is 13.3. The fourth-order valence-electron chi connectivity index (χ4n) is 3.33. The first-order valence-electron chi connectivity index (χ1n) is 7.99. The molecule has 0 saturated carbocycles. The maximum atomic E-state index is 12.7. The molecule has 0 radical (unpaired) electrons. The minimum atomic E-state index is 0.168. The van der Waals surface area contributed by atoms with Crippen LogP contribution in [-0.2, 0) is 13.5 Å². The first kappa shape index (κ1) is 14.8. The topological polar surface area (TPSA) is 38.1 Å². The van der Waals surface area contributed by atoms with Crippen LogP contribution in [0.5, 0.6) is 0 Å². The van der Waals surface area contributed by atoms with Gasteiger partial charge in [0.05, 0.1) is 0 Å². The quantitative estimate of drug-likeness (QED) is 0.870. The number of carbonyl (C=O) groups is 1. The predicted octanol–water partition coefficient (Wildman–Crippen LogP) is 2.97. The van der Waals surface area contributed by atoms with E-state index in [2.05, 4.69) is 22.0 Å². The van der Waals surface area contributed by atoms with Crippen molar-refractivity contribution in [3.63, 3.8) is 0 Å². The van der Waals surface area contributed by atoms with Crippen molar-refractivity contribution < 1.29 is 4.79 Å². The molecule has 1 amide bonds. The molecule has 0 N–H and O–H groups in total. The SMILES string of the molecule is Cc1cc(CC[C@@H]2CCCN2C(=O)c2cccn2C)ccn1. The highest BCUT2D eigenvalue weighted by molar-refractivity contribution is 5.93. The Morgan fingerprint density at radius 2 is 2.27 bits per heavy atom. The third-order valence-electron chi connectivity index (χ3n) is 4.53. The summed E-state index contributed by atoms with van der Waals surface area (Å²) in [6.07, 6.45) is 8.05. The normalized spacial score (nSPS) is 17.9. The van der Waals surface area contributed by atoms with Gasteiger partial charge in [0.15, 0.2) is 0 Å². The van der Waals surface area contributed by atoms with Crippen molar-refractivity contribution in [3.05, 3.63) is 53.6 Å². The van der Waals surface area contributed by atoms with Crippen molar-refractivity contribution in [2.45, 2.75) is 38.6 Å². The summed E-state index contributed by atoms with van der Waals surface area (Å²) >= 11 is 0. The van der Waals surface area contributed by atoms with E-state index in [1.165, 1.54) is 5.56 Å². The Balaban J connectivity index is 1.66. The van der Waals surface area contributed by atoms with Gasteiger partial charge in [-0.25, -0.2) is 0 Å². The molecule has 0 bridgehead atoms. The van der Waals surface area contributed by atoms with Crippen LogP contribution in [0.1, 0.15) is 41.0 Å². The lowest BCUT2D eigenvalue weighted by Gasteiger charge is -2.25. The standard InChI is InChI=1S/C18H23N3O/c1-14-13-15(9-10-19-14)7-8-16-5-3-12-21(16)18(22)17-6-4-11-20(17)2/h4,6,9-11,13,16H,3,5,7-8,12H2,1-2H3/t16-/m0/s1. The molecule has 2 aromatic heterocycles. The third-order valence-corrected chi connectivity index (χ3v) is 4.53. The Hall–Kier alpha value is -2.10. The van der Waals surface area contributed by atoms with Crippen LogP contribution in [0, 0.1) is 6.92 Å². The van der Waals surface area contributed by atoms with E-state index in [4.69, 9.17) is 0 Å². The van der Waals surface area contributed by atoms with Crippen LogP contribution in [0.25, 0.3) is 0 Å². The second kappa shape index (κ2) is 6.34. The Labute approximate surface area is 131 Å². The summed E-state index contributed by atoms with van der Waals surface area (Å²) in [7, 11) is 1.93. The average Bonchev–Trinajstić information content (AvgIpc) is 3.13. The molecule has 2 aromatic rings. The second-order valence-corrected chi connectivity index (χ2v) is 6.14. The molecule has 0 aromatic carbocycles. The van der Waals surface area contributed by atoms with Gasteiger partial charge in [-0.2, -0.15) is 0 Å². The van der Waals surface area contributed by atoms with Gasteiger partial charge in [0.1, 0.15) is 5.69 Å². The summed E-state index contributed by atoms with van der Waals surface area (Å²) in [4.78, 5) is 19.0. The van der Waals surface area contributed by atoms with Gasteiger partial charge in [-0.3, -0.25) is 9.78 Å². The molecule has 22 heavy (non-hydrogen) atoms. The van der Waals surface area contributed by atoms with E-state index in [1.54, 1.807) is 0 Å². The number of hydrogen-bond donors (Lipinski definition) is 0. The smallest absolute Gasteiger partial charge is 0.270 e. The molecular weight excluding hydrogens is 274 g/mol. The number of likely N-dealkylation sites (tertiary alicyclic amines) is 1. The lowest BCUT2D eigenvalue weighted by molar-refractivity contribution is 0.0721. The summed E-state index contributed by atoms with van der Waals surface area (Å²) in [6.45, 7) is 2.90. The van der Waals surface area contributed by atoms with E-state index in [9.17, 15) is 4.79 Å². The average molecular weight is 297 g/mol. The van der Waals surface area contributed by atoms with E-state index >= 15 is 0 Å². The number of carbonyl (C=O) groups excluding carboxylic acids is 1. The molecule has 1 fully saturated rings. The lowest BCUT2D eigenvalue weighted by atomic mass is 10.0. The highest BCUT2D eigenvalue weighted by Gasteiger charge is 2.29. The van der Waals surface area contributed by atoms with Gasteiger partial charge < -0.3 is 9.47 Å². The zero-order chi connectivity index (χ0) is 15.5. The molecule has 0 unspecified atom stereocenters. The van der Waals surface area contributed by atoms with Gasteiger partial charge in [-0.1, -0.05) is 0 Å². The molecule has 3 rings (SSSR count). The zero-order valence-corrected chi connectivity index (χ0v) is 13.3. The highest BCUT2D eigenvalue weighted by atomic mass is 16.2. The van der Waals surface area contributed by atoms with Gasteiger partial charge in [-0.15, -0.1) is 0 Å². The Morgan fingerprint density at radius 1 is 1.41 bits per heavy atom. The van der Waals surface area contributed by atoms with Crippen LogP contribution in [-0.4, -0.2) is 32.9 Å². The van der Waals surface area contributed by atoms with Crippen LogP contribution in [0.3, 0.4) is 0 Å². The summed E-state index contributed by atoms with van der Waals surface area (Å²) in [5.74, 6) is 0.168. The van der Waals surface area contributed by atoms with E-state index in [0.29, 0.717) is 6.04 Å². The number of amides is 1. The van der Waals surface area contributed by atoms with Crippen LogP contribution in [0.15, 0.2) is 36.7 Å². The molecule has 1 aliphatic heterocycles. The summed E-state index contributed by atoms with van der Waals surface area (Å²) in [5.41, 5.74) is 3.15. The van der Waals surface area contributed by atoms with Gasteiger partial charge in [0, 0.05) is 37.7 Å². The van der Waals surface area contributed by atoms with Crippen molar-refractivity contribution in [2.24, 2.45) is 7.05 Å². The van der Waals surface area contributed by atoms with Crippen molar-refractivity contribution in [2.75, 3.05) is 6.54 Å². The Kier molecular flexibility index (Phi) is 4.27. The first-order chi connectivity index (χ1) is 10.6. The van der Waals surface area contributed by atoms with Gasteiger partial charge in [-0.05, 0) is 62.4 Å². The molecule has 116 valence electrons. The number of nitrogens with zero attached hydrogens (tertiary/aromatic N) is 3. The lowest BCUT2D eigenvalue weighted by Crippen LogP contribution is -2.36. The molecule has 1 saturated heterocycles. The number of aromatic nitrogens is 2. The third kappa shape index (κ3) is 3.06. The highest BCUT2D eigenvalue weighted by Crippen LogP contribution is 2.24. The number of pyridine rings is 1. The summed E-state index contributed by atoms with van der Waals surface area (Å²) in [6, 6.07) is 8.40. The van der Waals surface area contributed by atoms with Crippen molar-refractivity contribution in [3.8, 4) is 0 Å². The fraction of sp³-hybridized carbons (Fsp3) is 0.444. The Bertz CT molecular complexity index is 662. The van der Waals surface area contributed by atoms with Crippen LogP contribution >= 0.6 is 0 Å². The molecule has 3 heterocycles.